The summed E-state index contributed by atoms with van der Waals surface area (Å²) >= 11 is 0. The lowest BCUT2D eigenvalue weighted by atomic mass is 9.90. The van der Waals surface area contributed by atoms with Crippen molar-refractivity contribution >= 4 is 5.96 Å². The lowest BCUT2D eigenvalue weighted by Crippen LogP contribution is -2.45. The first-order chi connectivity index (χ1) is 12.5. The first-order valence-electron chi connectivity index (χ1n) is 9.03. The van der Waals surface area contributed by atoms with Crippen molar-refractivity contribution in [3.8, 4) is 5.75 Å². The SMILES string of the molecule is CCNC(=NCC(O)c1ccco1)NC1CC(C)(C)Oc2ccccc21. The van der Waals surface area contributed by atoms with E-state index in [-0.39, 0.29) is 18.2 Å². The van der Waals surface area contributed by atoms with E-state index in [1.807, 2.05) is 25.1 Å². The maximum Gasteiger partial charge on any atom is 0.191 e. The molecule has 1 aromatic carbocycles. The van der Waals surface area contributed by atoms with E-state index in [0.29, 0.717) is 11.7 Å². The molecule has 0 spiro atoms. The molecule has 2 aromatic rings. The third-order valence-corrected chi connectivity index (χ3v) is 4.33. The number of aliphatic hydroxyl groups is 1. The predicted octanol–water partition coefficient (Wildman–Crippen LogP) is 3.17. The summed E-state index contributed by atoms with van der Waals surface area (Å²) in [6.45, 7) is 7.14. The van der Waals surface area contributed by atoms with Crippen LogP contribution in [-0.4, -0.2) is 29.8 Å². The van der Waals surface area contributed by atoms with Gasteiger partial charge in [-0.05, 0) is 39.0 Å². The topological polar surface area (TPSA) is 79.0 Å². The van der Waals surface area contributed by atoms with Gasteiger partial charge < -0.3 is 24.9 Å². The van der Waals surface area contributed by atoms with Gasteiger partial charge in [-0.25, -0.2) is 0 Å². The number of nitrogens with zero attached hydrogens (tertiary/aromatic N) is 1. The number of rotatable bonds is 5. The lowest BCUT2D eigenvalue weighted by molar-refractivity contribution is 0.0693. The molecule has 26 heavy (non-hydrogen) atoms. The third kappa shape index (κ3) is 4.38. The summed E-state index contributed by atoms with van der Waals surface area (Å²) < 4.78 is 11.3. The standard InChI is InChI=1S/C20H27N3O3/c1-4-21-19(22-13-16(24)18-10-7-11-25-18)23-15-12-20(2,3)26-17-9-6-5-8-14(15)17/h5-11,15-16,24H,4,12-13H2,1-3H3,(H2,21,22,23). The van der Waals surface area contributed by atoms with Crippen LogP contribution in [0.2, 0.25) is 0 Å². The largest absolute Gasteiger partial charge is 0.487 e. The Kier molecular flexibility index (Phi) is 5.52. The molecule has 0 saturated carbocycles. The molecular weight excluding hydrogens is 330 g/mol. The van der Waals surface area contributed by atoms with Gasteiger partial charge in [-0.3, -0.25) is 4.99 Å². The van der Waals surface area contributed by atoms with Gasteiger partial charge >= 0.3 is 0 Å². The fourth-order valence-corrected chi connectivity index (χ4v) is 3.16. The van der Waals surface area contributed by atoms with E-state index in [2.05, 4.69) is 35.5 Å². The number of hydrogen-bond acceptors (Lipinski definition) is 4. The Morgan fingerprint density at radius 2 is 2.12 bits per heavy atom. The summed E-state index contributed by atoms with van der Waals surface area (Å²) in [5.74, 6) is 2.07. The number of ether oxygens (including phenoxy) is 1. The molecule has 1 aliphatic heterocycles. The molecule has 0 amide bonds. The molecule has 2 unspecified atom stereocenters. The Balaban J connectivity index is 1.76. The zero-order valence-electron chi connectivity index (χ0n) is 15.5. The smallest absolute Gasteiger partial charge is 0.191 e. The second-order valence-electron chi connectivity index (χ2n) is 7.05. The Morgan fingerprint density at radius 3 is 2.85 bits per heavy atom. The minimum Gasteiger partial charge on any atom is -0.487 e. The number of benzene rings is 1. The Morgan fingerprint density at radius 1 is 1.31 bits per heavy atom. The first-order valence-corrected chi connectivity index (χ1v) is 9.03. The first kappa shape index (κ1) is 18.3. The van der Waals surface area contributed by atoms with Crippen LogP contribution in [0.4, 0.5) is 0 Å². The van der Waals surface area contributed by atoms with Crippen LogP contribution in [0.5, 0.6) is 5.75 Å². The van der Waals surface area contributed by atoms with E-state index >= 15 is 0 Å². The molecule has 140 valence electrons. The molecule has 0 aliphatic carbocycles. The van der Waals surface area contributed by atoms with Gasteiger partial charge in [-0.1, -0.05) is 18.2 Å². The molecule has 2 atom stereocenters. The summed E-state index contributed by atoms with van der Waals surface area (Å²) in [6.07, 6.45) is 1.60. The Labute approximate surface area is 154 Å². The van der Waals surface area contributed by atoms with Crippen molar-refractivity contribution in [1.29, 1.82) is 0 Å². The van der Waals surface area contributed by atoms with Crippen molar-refractivity contribution in [3.63, 3.8) is 0 Å². The minimum atomic E-state index is -0.765. The van der Waals surface area contributed by atoms with E-state index in [0.717, 1.165) is 24.3 Å². The van der Waals surface area contributed by atoms with Crippen LogP contribution in [0, 0.1) is 0 Å². The molecule has 2 heterocycles. The second-order valence-corrected chi connectivity index (χ2v) is 7.05. The van der Waals surface area contributed by atoms with Crippen molar-refractivity contribution in [1.82, 2.24) is 10.6 Å². The number of furan rings is 1. The average Bonchev–Trinajstić information content (AvgIpc) is 3.13. The third-order valence-electron chi connectivity index (χ3n) is 4.33. The van der Waals surface area contributed by atoms with Crippen LogP contribution < -0.4 is 15.4 Å². The van der Waals surface area contributed by atoms with Crippen LogP contribution >= 0.6 is 0 Å². The number of guanidine groups is 1. The lowest BCUT2D eigenvalue weighted by Gasteiger charge is -2.38. The number of aliphatic imine (C=N–C) groups is 1. The zero-order chi connectivity index (χ0) is 18.6. The summed E-state index contributed by atoms with van der Waals surface area (Å²) in [7, 11) is 0. The van der Waals surface area contributed by atoms with Gasteiger partial charge in [0.1, 0.15) is 23.2 Å². The van der Waals surface area contributed by atoms with Gasteiger partial charge in [0.15, 0.2) is 5.96 Å². The van der Waals surface area contributed by atoms with E-state index in [4.69, 9.17) is 9.15 Å². The molecule has 3 N–H and O–H groups in total. The highest BCUT2D eigenvalue weighted by Gasteiger charge is 2.34. The van der Waals surface area contributed by atoms with Crippen molar-refractivity contribution < 1.29 is 14.3 Å². The minimum absolute atomic E-state index is 0.0773. The van der Waals surface area contributed by atoms with Crippen molar-refractivity contribution in [2.75, 3.05) is 13.1 Å². The summed E-state index contributed by atoms with van der Waals surface area (Å²) in [5, 5.41) is 16.9. The molecule has 0 bridgehead atoms. The summed E-state index contributed by atoms with van der Waals surface area (Å²) in [5.41, 5.74) is 0.848. The predicted molar refractivity (Wildman–Crippen MR) is 101 cm³/mol. The number of hydrogen-bond donors (Lipinski definition) is 3. The zero-order valence-corrected chi connectivity index (χ0v) is 15.5. The van der Waals surface area contributed by atoms with Crippen LogP contribution in [0.3, 0.4) is 0 Å². The van der Waals surface area contributed by atoms with E-state index in [9.17, 15) is 5.11 Å². The fraction of sp³-hybridized carbons (Fsp3) is 0.450. The summed E-state index contributed by atoms with van der Waals surface area (Å²) in [6, 6.07) is 11.6. The molecule has 3 rings (SSSR count). The van der Waals surface area contributed by atoms with Crippen molar-refractivity contribution in [2.24, 2.45) is 4.99 Å². The van der Waals surface area contributed by atoms with E-state index in [1.54, 1.807) is 18.4 Å². The monoisotopic (exact) mass is 357 g/mol. The van der Waals surface area contributed by atoms with Gasteiger partial charge in [0.25, 0.3) is 0 Å². The highest BCUT2D eigenvalue weighted by atomic mass is 16.5. The van der Waals surface area contributed by atoms with Crippen molar-refractivity contribution in [2.45, 2.75) is 44.9 Å². The van der Waals surface area contributed by atoms with Crippen molar-refractivity contribution in [3.05, 3.63) is 54.0 Å². The number of para-hydroxylation sites is 1. The molecule has 0 radical (unpaired) electrons. The number of fused-ring (bicyclic) bond motifs is 1. The van der Waals surface area contributed by atoms with E-state index < -0.39 is 6.10 Å². The average molecular weight is 357 g/mol. The molecule has 6 heteroatoms. The van der Waals surface area contributed by atoms with Gasteiger partial charge in [-0.15, -0.1) is 0 Å². The van der Waals surface area contributed by atoms with E-state index in [1.165, 1.54) is 0 Å². The summed E-state index contributed by atoms with van der Waals surface area (Å²) in [4.78, 5) is 4.53. The van der Waals surface area contributed by atoms with Crippen LogP contribution in [0.25, 0.3) is 0 Å². The number of aliphatic hydroxyl groups excluding tert-OH is 1. The van der Waals surface area contributed by atoms with Crippen LogP contribution in [0.1, 0.15) is 50.7 Å². The quantitative estimate of drug-likeness (QED) is 0.566. The van der Waals surface area contributed by atoms with Gasteiger partial charge in [0.05, 0.1) is 18.8 Å². The fourth-order valence-electron chi connectivity index (χ4n) is 3.16. The maximum atomic E-state index is 10.2. The highest BCUT2D eigenvalue weighted by molar-refractivity contribution is 5.80. The molecule has 0 fully saturated rings. The number of nitrogens with one attached hydrogen (secondary N) is 2. The molecule has 0 saturated heterocycles. The van der Waals surface area contributed by atoms with Gasteiger partial charge in [0.2, 0.25) is 0 Å². The van der Waals surface area contributed by atoms with Gasteiger partial charge in [0, 0.05) is 18.5 Å². The van der Waals surface area contributed by atoms with Crippen LogP contribution in [0.15, 0.2) is 52.1 Å². The molecule has 1 aromatic heterocycles. The molecular formula is C20H27N3O3. The normalized spacial score (nSPS) is 20.0. The highest BCUT2D eigenvalue weighted by Crippen LogP contribution is 2.39. The molecule has 1 aliphatic rings. The Bertz CT molecular complexity index is 741. The molecule has 6 nitrogen and oxygen atoms in total. The van der Waals surface area contributed by atoms with Gasteiger partial charge in [-0.2, -0.15) is 0 Å². The Hall–Kier alpha value is -2.47. The second kappa shape index (κ2) is 7.83. The maximum absolute atomic E-state index is 10.2. The van der Waals surface area contributed by atoms with Crippen LogP contribution in [-0.2, 0) is 0 Å².